The fraction of sp³-hybridized carbons (Fsp3) is 0.500. The zero-order chi connectivity index (χ0) is 15.7. The molecular weight excluding hydrogens is 268 g/mol. The molecule has 21 heavy (non-hydrogen) atoms. The molecule has 116 valence electrons. The summed E-state index contributed by atoms with van der Waals surface area (Å²) in [7, 11) is 0. The molecule has 5 heteroatoms. The van der Waals surface area contributed by atoms with Gasteiger partial charge in [-0.05, 0) is 38.8 Å². The predicted molar refractivity (Wildman–Crippen MR) is 82.2 cm³/mol. The molecule has 5 nitrogen and oxygen atoms in total. The van der Waals surface area contributed by atoms with Gasteiger partial charge in [-0.15, -0.1) is 0 Å². The summed E-state index contributed by atoms with van der Waals surface area (Å²) in [6.45, 7) is 6.96. The largest absolute Gasteiger partial charge is 0.379 e. The lowest BCUT2D eigenvalue weighted by Crippen LogP contribution is -2.37. The first-order chi connectivity index (χ1) is 10.0. The fourth-order valence-corrected chi connectivity index (χ4v) is 1.76. The molecule has 1 rings (SSSR count). The van der Waals surface area contributed by atoms with Crippen LogP contribution in [-0.4, -0.2) is 37.6 Å². The third kappa shape index (κ3) is 6.90. The van der Waals surface area contributed by atoms with E-state index >= 15 is 0 Å². The zero-order valence-electron chi connectivity index (χ0n) is 12.9. The standard InChI is InChI=1S/C16H24N2O3/c1-12(2)21-10-6-9-17-15(19)11-18-16(20)14-8-5-4-7-13(14)3/h4-5,7-8,12H,6,9-11H2,1-3H3,(H,17,19)(H,18,20). The maximum absolute atomic E-state index is 11.9. The number of hydrogen-bond acceptors (Lipinski definition) is 3. The maximum Gasteiger partial charge on any atom is 0.251 e. The molecule has 0 heterocycles. The number of benzene rings is 1. The minimum atomic E-state index is -0.230. The molecular formula is C16H24N2O3. The van der Waals surface area contributed by atoms with Crippen LogP contribution in [0, 0.1) is 6.92 Å². The van der Waals surface area contributed by atoms with Crippen LogP contribution in [-0.2, 0) is 9.53 Å². The second kappa shape index (κ2) is 9.13. The molecule has 0 aliphatic rings. The zero-order valence-corrected chi connectivity index (χ0v) is 12.9. The molecule has 2 amide bonds. The van der Waals surface area contributed by atoms with Crippen molar-refractivity contribution in [1.29, 1.82) is 0 Å². The van der Waals surface area contributed by atoms with E-state index in [1.807, 2.05) is 32.9 Å². The van der Waals surface area contributed by atoms with Crippen LogP contribution in [0.25, 0.3) is 0 Å². The third-order valence-corrected chi connectivity index (χ3v) is 2.89. The van der Waals surface area contributed by atoms with Gasteiger partial charge < -0.3 is 15.4 Å². The number of carbonyl (C=O) groups is 2. The SMILES string of the molecule is Cc1ccccc1C(=O)NCC(=O)NCCCOC(C)C. The van der Waals surface area contributed by atoms with E-state index in [1.165, 1.54) is 0 Å². The predicted octanol–water partition coefficient (Wildman–Crippen LogP) is 1.66. The smallest absolute Gasteiger partial charge is 0.251 e. The van der Waals surface area contributed by atoms with Gasteiger partial charge >= 0.3 is 0 Å². The van der Waals surface area contributed by atoms with Crippen molar-refractivity contribution >= 4 is 11.8 Å². The topological polar surface area (TPSA) is 67.4 Å². The molecule has 0 aromatic heterocycles. The molecule has 0 unspecified atom stereocenters. The molecule has 1 aromatic rings. The van der Waals surface area contributed by atoms with Gasteiger partial charge in [0.05, 0.1) is 12.6 Å². The molecule has 1 aromatic carbocycles. The quantitative estimate of drug-likeness (QED) is 0.716. The summed E-state index contributed by atoms with van der Waals surface area (Å²) in [5, 5.41) is 5.36. The molecule has 0 spiro atoms. The maximum atomic E-state index is 11.9. The van der Waals surface area contributed by atoms with Gasteiger partial charge in [-0.2, -0.15) is 0 Å². The van der Waals surface area contributed by atoms with Crippen molar-refractivity contribution in [3.05, 3.63) is 35.4 Å². The average Bonchev–Trinajstić information content (AvgIpc) is 2.44. The first-order valence-corrected chi connectivity index (χ1v) is 7.23. The summed E-state index contributed by atoms with van der Waals surface area (Å²) in [6, 6.07) is 7.28. The highest BCUT2D eigenvalue weighted by molar-refractivity contribution is 5.97. The third-order valence-electron chi connectivity index (χ3n) is 2.89. The molecule has 0 bridgehead atoms. The molecule has 0 fully saturated rings. The molecule has 0 aliphatic carbocycles. The van der Waals surface area contributed by atoms with Crippen LogP contribution in [0.2, 0.25) is 0 Å². The number of carbonyl (C=O) groups excluding carboxylic acids is 2. The molecule has 0 radical (unpaired) electrons. The number of amides is 2. The van der Waals surface area contributed by atoms with Crippen molar-refractivity contribution in [2.24, 2.45) is 0 Å². The molecule has 0 aliphatic heterocycles. The summed E-state index contributed by atoms with van der Waals surface area (Å²) in [5.41, 5.74) is 1.48. The Kier molecular flexibility index (Phi) is 7.46. The number of aryl methyl sites for hydroxylation is 1. The number of ether oxygens (including phenoxy) is 1. The van der Waals surface area contributed by atoms with Gasteiger partial charge in [-0.25, -0.2) is 0 Å². The van der Waals surface area contributed by atoms with E-state index in [9.17, 15) is 9.59 Å². The highest BCUT2D eigenvalue weighted by Crippen LogP contribution is 2.05. The van der Waals surface area contributed by atoms with Gasteiger partial charge in [0.15, 0.2) is 0 Å². The van der Waals surface area contributed by atoms with E-state index < -0.39 is 0 Å². The Morgan fingerprint density at radius 1 is 1.19 bits per heavy atom. The van der Waals surface area contributed by atoms with Crippen molar-refractivity contribution in [1.82, 2.24) is 10.6 Å². The Labute approximate surface area is 126 Å². The Bertz CT molecular complexity index is 472. The van der Waals surface area contributed by atoms with Crippen LogP contribution < -0.4 is 10.6 Å². The van der Waals surface area contributed by atoms with Crippen molar-refractivity contribution in [3.63, 3.8) is 0 Å². The minimum Gasteiger partial charge on any atom is -0.379 e. The monoisotopic (exact) mass is 292 g/mol. The summed E-state index contributed by atoms with van der Waals surface area (Å²) in [5.74, 6) is -0.423. The summed E-state index contributed by atoms with van der Waals surface area (Å²) in [6.07, 6.45) is 0.962. The van der Waals surface area contributed by atoms with Crippen molar-refractivity contribution < 1.29 is 14.3 Å². The first-order valence-electron chi connectivity index (χ1n) is 7.23. The Hall–Kier alpha value is -1.88. The van der Waals surface area contributed by atoms with Crippen LogP contribution in [0.3, 0.4) is 0 Å². The lowest BCUT2D eigenvalue weighted by molar-refractivity contribution is -0.120. The normalized spacial score (nSPS) is 10.5. The summed E-state index contributed by atoms with van der Waals surface area (Å²) >= 11 is 0. The van der Waals surface area contributed by atoms with Gasteiger partial charge in [-0.1, -0.05) is 18.2 Å². The Morgan fingerprint density at radius 3 is 2.57 bits per heavy atom. The van der Waals surface area contributed by atoms with Crippen molar-refractivity contribution in [3.8, 4) is 0 Å². The fourth-order valence-electron chi connectivity index (χ4n) is 1.76. The van der Waals surface area contributed by atoms with E-state index in [0.717, 1.165) is 12.0 Å². The van der Waals surface area contributed by atoms with Crippen LogP contribution in [0.1, 0.15) is 36.2 Å². The van der Waals surface area contributed by atoms with Gasteiger partial charge in [0.25, 0.3) is 5.91 Å². The van der Waals surface area contributed by atoms with Crippen LogP contribution in [0.15, 0.2) is 24.3 Å². The molecule has 2 N–H and O–H groups in total. The second-order valence-electron chi connectivity index (χ2n) is 5.12. The molecule has 0 atom stereocenters. The van der Waals surface area contributed by atoms with E-state index in [2.05, 4.69) is 10.6 Å². The second-order valence-corrected chi connectivity index (χ2v) is 5.12. The average molecular weight is 292 g/mol. The van der Waals surface area contributed by atoms with Crippen molar-refractivity contribution in [2.75, 3.05) is 19.7 Å². The van der Waals surface area contributed by atoms with E-state index in [0.29, 0.717) is 18.7 Å². The lowest BCUT2D eigenvalue weighted by Gasteiger charge is -2.09. The van der Waals surface area contributed by atoms with E-state index in [-0.39, 0.29) is 24.5 Å². The minimum absolute atomic E-state index is 0.0157. The number of nitrogens with one attached hydrogen (secondary N) is 2. The van der Waals surface area contributed by atoms with Crippen LogP contribution in [0.5, 0.6) is 0 Å². The van der Waals surface area contributed by atoms with Gasteiger partial charge in [0.2, 0.25) is 5.91 Å². The van der Waals surface area contributed by atoms with Gasteiger partial charge in [-0.3, -0.25) is 9.59 Å². The first kappa shape index (κ1) is 17.2. The summed E-state index contributed by atoms with van der Waals surface area (Å²) < 4.78 is 5.37. The highest BCUT2D eigenvalue weighted by Gasteiger charge is 2.09. The molecule has 0 saturated heterocycles. The van der Waals surface area contributed by atoms with Crippen molar-refractivity contribution in [2.45, 2.75) is 33.3 Å². The highest BCUT2D eigenvalue weighted by atomic mass is 16.5. The Balaban J connectivity index is 2.21. The Morgan fingerprint density at radius 2 is 1.90 bits per heavy atom. The van der Waals surface area contributed by atoms with Crippen LogP contribution >= 0.6 is 0 Å². The summed E-state index contributed by atoms with van der Waals surface area (Å²) in [4.78, 5) is 23.5. The van der Waals surface area contributed by atoms with E-state index in [1.54, 1.807) is 12.1 Å². The van der Waals surface area contributed by atoms with Crippen LogP contribution in [0.4, 0.5) is 0 Å². The van der Waals surface area contributed by atoms with Gasteiger partial charge in [0.1, 0.15) is 0 Å². The van der Waals surface area contributed by atoms with E-state index in [4.69, 9.17) is 4.74 Å². The van der Waals surface area contributed by atoms with Gasteiger partial charge in [0, 0.05) is 18.7 Å². The molecule has 0 saturated carbocycles. The number of rotatable bonds is 8. The number of hydrogen-bond donors (Lipinski definition) is 2. The lowest BCUT2D eigenvalue weighted by atomic mass is 10.1.